The Hall–Kier alpha value is -1.59. The molecule has 0 aromatic heterocycles. The van der Waals surface area contributed by atoms with Gasteiger partial charge in [0, 0.05) is 13.2 Å². The van der Waals surface area contributed by atoms with Crippen molar-refractivity contribution in [3.8, 4) is 5.75 Å². The van der Waals surface area contributed by atoms with Crippen molar-refractivity contribution in [3.63, 3.8) is 0 Å². The van der Waals surface area contributed by atoms with Gasteiger partial charge < -0.3 is 19.9 Å². The normalized spacial score (nSPS) is 19.3. The molecule has 0 radical (unpaired) electrons. The maximum Gasteiger partial charge on any atom is 0.320 e. The zero-order chi connectivity index (χ0) is 15.9. The van der Waals surface area contributed by atoms with Gasteiger partial charge in [0.15, 0.2) is 0 Å². The third-order valence-corrected chi connectivity index (χ3v) is 3.84. The Labute approximate surface area is 131 Å². The van der Waals surface area contributed by atoms with E-state index in [9.17, 15) is 4.79 Å². The van der Waals surface area contributed by atoms with Crippen molar-refractivity contribution in [1.29, 1.82) is 0 Å². The molecule has 2 atom stereocenters. The molecule has 122 valence electrons. The number of nitrogens with one attached hydrogen (secondary N) is 1. The van der Waals surface area contributed by atoms with Crippen LogP contribution in [-0.2, 0) is 16.1 Å². The van der Waals surface area contributed by atoms with Gasteiger partial charge in [0.1, 0.15) is 18.4 Å². The molecular formula is C17H25NO4. The first-order chi connectivity index (χ1) is 10.6. The van der Waals surface area contributed by atoms with Crippen molar-refractivity contribution >= 4 is 5.97 Å². The van der Waals surface area contributed by atoms with Crippen molar-refractivity contribution < 1.29 is 19.4 Å². The van der Waals surface area contributed by atoms with Crippen LogP contribution < -0.4 is 10.1 Å². The summed E-state index contributed by atoms with van der Waals surface area (Å²) in [5.74, 6) is 0.0518. The molecule has 2 rings (SSSR count). The Bertz CT molecular complexity index is 466. The van der Waals surface area contributed by atoms with Crippen LogP contribution in [0.25, 0.3) is 0 Å². The summed E-state index contributed by atoms with van der Waals surface area (Å²) < 4.78 is 11.2. The number of carboxylic acids is 1. The standard InChI is InChI=1S/C17H25NO4/c1-12(2)16(17(19)20)18-10-13-5-7-14(8-6-13)22-11-15-4-3-9-21-15/h5-8,12,15-16,18H,3-4,9-11H2,1-2H3,(H,19,20)/t15?,16-/m0/s1. The lowest BCUT2D eigenvalue weighted by Gasteiger charge is -2.18. The van der Waals surface area contributed by atoms with Gasteiger partial charge in [-0.05, 0) is 36.5 Å². The molecule has 1 aromatic carbocycles. The van der Waals surface area contributed by atoms with Gasteiger partial charge in [-0.3, -0.25) is 4.79 Å². The molecule has 5 nitrogen and oxygen atoms in total. The molecule has 0 saturated carbocycles. The third-order valence-electron chi connectivity index (χ3n) is 3.84. The fourth-order valence-corrected chi connectivity index (χ4v) is 2.50. The number of rotatable bonds is 8. The van der Waals surface area contributed by atoms with E-state index >= 15 is 0 Å². The Morgan fingerprint density at radius 1 is 1.41 bits per heavy atom. The second-order valence-corrected chi connectivity index (χ2v) is 6.03. The summed E-state index contributed by atoms with van der Waals surface area (Å²) in [5, 5.41) is 12.2. The van der Waals surface area contributed by atoms with Crippen LogP contribution in [0.4, 0.5) is 0 Å². The first kappa shape index (κ1) is 16.8. The molecule has 1 saturated heterocycles. The molecule has 0 amide bonds. The van der Waals surface area contributed by atoms with Crippen molar-refractivity contribution in [3.05, 3.63) is 29.8 Å². The minimum atomic E-state index is -0.813. The summed E-state index contributed by atoms with van der Waals surface area (Å²) >= 11 is 0. The highest BCUT2D eigenvalue weighted by Crippen LogP contribution is 2.16. The van der Waals surface area contributed by atoms with Gasteiger partial charge in [-0.2, -0.15) is 0 Å². The van der Waals surface area contributed by atoms with E-state index in [0.29, 0.717) is 13.2 Å². The molecular weight excluding hydrogens is 282 g/mol. The summed E-state index contributed by atoms with van der Waals surface area (Å²) in [6.45, 7) is 5.74. The van der Waals surface area contributed by atoms with E-state index in [-0.39, 0.29) is 12.0 Å². The molecule has 1 aliphatic heterocycles. The minimum absolute atomic E-state index is 0.0477. The van der Waals surface area contributed by atoms with E-state index < -0.39 is 12.0 Å². The first-order valence-electron chi connectivity index (χ1n) is 7.86. The molecule has 1 fully saturated rings. The number of hydrogen-bond acceptors (Lipinski definition) is 4. The van der Waals surface area contributed by atoms with Crippen LogP contribution in [0.15, 0.2) is 24.3 Å². The van der Waals surface area contributed by atoms with Gasteiger partial charge >= 0.3 is 5.97 Å². The molecule has 2 N–H and O–H groups in total. The van der Waals surface area contributed by atoms with Crippen LogP contribution >= 0.6 is 0 Å². The van der Waals surface area contributed by atoms with Crippen LogP contribution in [0.1, 0.15) is 32.3 Å². The van der Waals surface area contributed by atoms with Crippen LogP contribution in [0.2, 0.25) is 0 Å². The topological polar surface area (TPSA) is 67.8 Å². The fourth-order valence-electron chi connectivity index (χ4n) is 2.50. The number of ether oxygens (including phenoxy) is 2. The van der Waals surface area contributed by atoms with Crippen molar-refractivity contribution in [2.45, 2.75) is 45.4 Å². The molecule has 1 unspecified atom stereocenters. The van der Waals surface area contributed by atoms with E-state index in [1.807, 2.05) is 38.1 Å². The molecule has 0 aliphatic carbocycles. The summed E-state index contributed by atoms with van der Waals surface area (Å²) in [5.41, 5.74) is 1.04. The number of aliphatic carboxylic acids is 1. The number of hydrogen-bond donors (Lipinski definition) is 2. The summed E-state index contributed by atoms with van der Waals surface area (Å²) in [7, 11) is 0. The number of benzene rings is 1. The average Bonchev–Trinajstić information content (AvgIpc) is 2.99. The number of carbonyl (C=O) groups is 1. The maximum absolute atomic E-state index is 11.1. The van der Waals surface area contributed by atoms with Crippen molar-refractivity contribution in [2.75, 3.05) is 13.2 Å². The van der Waals surface area contributed by atoms with Gasteiger partial charge in [0.05, 0.1) is 6.10 Å². The Morgan fingerprint density at radius 3 is 2.68 bits per heavy atom. The largest absolute Gasteiger partial charge is 0.491 e. The number of carboxylic acid groups (broad SMARTS) is 1. The summed E-state index contributed by atoms with van der Waals surface area (Å²) in [4.78, 5) is 11.1. The lowest BCUT2D eigenvalue weighted by Crippen LogP contribution is -2.40. The minimum Gasteiger partial charge on any atom is -0.491 e. The quantitative estimate of drug-likeness (QED) is 0.772. The Morgan fingerprint density at radius 2 is 2.14 bits per heavy atom. The Kier molecular flexibility index (Phi) is 6.21. The fraction of sp³-hybridized carbons (Fsp3) is 0.588. The molecule has 1 aliphatic rings. The zero-order valence-electron chi connectivity index (χ0n) is 13.2. The summed E-state index contributed by atoms with van der Waals surface area (Å²) in [6, 6.07) is 7.21. The lowest BCUT2D eigenvalue weighted by molar-refractivity contribution is -0.140. The van der Waals surface area contributed by atoms with Crippen molar-refractivity contribution in [2.24, 2.45) is 5.92 Å². The SMILES string of the molecule is CC(C)[C@H](NCc1ccc(OCC2CCCO2)cc1)C(=O)O. The zero-order valence-corrected chi connectivity index (χ0v) is 13.2. The van der Waals surface area contributed by atoms with E-state index in [1.54, 1.807) is 0 Å². The first-order valence-corrected chi connectivity index (χ1v) is 7.86. The van der Waals surface area contributed by atoms with E-state index in [0.717, 1.165) is 30.8 Å². The highest BCUT2D eigenvalue weighted by molar-refractivity contribution is 5.73. The molecule has 0 spiro atoms. The van der Waals surface area contributed by atoms with Crippen LogP contribution in [0.3, 0.4) is 0 Å². The predicted octanol–water partition coefficient (Wildman–Crippen LogP) is 2.44. The molecule has 5 heteroatoms. The van der Waals surface area contributed by atoms with Crippen LogP contribution in [0.5, 0.6) is 5.75 Å². The highest BCUT2D eigenvalue weighted by atomic mass is 16.5. The second kappa shape index (κ2) is 8.15. The molecule has 22 heavy (non-hydrogen) atoms. The lowest BCUT2D eigenvalue weighted by atomic mass is 10.0. The van der Waals surface area contributed by atoms with E-state index in [4.69, 9.17) is 14.6 Å². The Balaban J connectivity index is 1.79. The molecule has 0 bridgehead atoms. The highest BCUT2D eigenvalue weighted by Gasteiger charge is 2.20. The third kappa shape index (κ3) is 5.00. The maximum atomic E-state index is 11.1. The van der Waals surface area contributed by atoms with Gasteiger partial charge in [-0.15, -0.1) is 0 Å². The second-order valence-electron chi connectivity index (χ2n) is 6.03. The van der Waals surface area contributed by atoms with Gasteiger partial charge in [-0.1, -0.05) is 26.0 Å². The van der Waals surface area contributed by atoms with E-state index in [2.05, 4.69) is 5.32 Å². The average molecular weight is 307 g/mol. The molecule has 1 heterocycles. The van der Waals surface area contributed by atoms with Gasteiger partial charge in [0.25, 0.3) is 0 Å². The van der Waals surface area contributed by atoms with E-state index in [1.165, 1.54) is 0 Å². The van der Waals surface area contributed by atoms with Gasteiger partial charge in [-0.25, -0.2) is 0 Å². The van der Waals surface area contributed by atoms with Crippen molar-refractivity contribution in [1.82, 2.24) is 5.32 Å². The summed E-state index contributed by atoms with van der Waals surface area (Å²) in [6.07, 6.45) is 2.39. The molecule has 1 aromatic rings. The van der Waals surface area contributed by atoms with Gasteiger partial charge in [0.2, 0.25) is 0 Å². The monoisotopic (exact) mass is 307 g/mol. The van der Waals surface area contributed by atoms with Crippen LogP contribution in [-0.4, -0.2) is 36.4 Å². The predicted molar refractivity (Wildman–Crippen MR) is 84.0 cm³/mol. The van der Waals surface area contributed by atoms with Crippen LogP contribution in [0, 0.1) is 5.92 Å². The smallest absolute Gasteiger partial charge is 0.320 e.